The topological polar surface area (TPSA) is 87.7 Å². The van der Waals surface area contributed by atoms with Crippen molar-refractivity contribution in [2.75, 3.05) is 7.05 Å². The van der Waals surface area contributed by atoms with Gasteiger partial charge in [0.15, 0.2) is 12.0 Å². The molecule has 2 aliphatic rings. The number of phenols is 1. The van der Waals surface area contributed by atoms with Gasteiger partial charge in [0.2, 0.25) is 5.88 Å². The molecule has 1 aromatic heterocycles. The van der Waals surface area contributed by atoms with Crippen LogP contribution in [0.15, 0.2) is 84.4 Å². The van der Waals surface area contributed by atoms with E-state index in [1.54, 1.807) is 13.1 Å². The quantitative estimate of drug-likeness (QED) is 0.552. The van der Waals surface area contributed by atoms with Crippen molar-refractivity contribution in [3.63, 3.8) is 0 Å². The van der Waals surface area contributed by atoms with E-state index in [1.807, 2.05) is 37.3 Å². The molecule has 1 aliphatic heterocycles. The zero-order chi connectivity index (χ0) is 23.7. The van der Waals surface area contributed by atoms with Gasteiger partial charge in [0, 0.05) is 24.9 Å². The fourth-order valence-electron chi connectivity index (χ4n) is 4.12. The van der Waals surface area contributed by atoms with Crippen molar-refractivity contribution in [3.05, 3.63) is 107 Å². The van der Waals surface area contributed by atoms with Crippen LogP contribution in [-0.4, -0.2) is 33.2 Å². The van der Waals surface area contributed by atoms with Crippen molar-refractivity contribution in [1.29, 1.82) is 0 Å². The fourth-order valence-corrected chi connectivity index (χ4v) is 4.12. The van der Waals surface area contributed by atoms with Crippen LogP contribution in [-0.2, 0) is 15.9 Å². The minimum Gasteiger partial charge on any atom is -0.507 e. The molecule has 3 aromatic rings. The Labute approximate surface area is 197 Å². The van der Waals surface area contributed by atoms with Gasteiger partial charge in [0.05, 0.1) is 16.8 Å². The van der Waals surface area contributed by atoms with Gasteiger partial charge in [-0.25, -0.2) is 0 Å². The maximum atomic E-state index is 13.3. The number of nitrogens with one attached hydrogen (secondary N) is 1. The molecule has 2 aromatic carbocycles. The maximum absolute atomic E-state index is 13.3. The summed E-state index contributed by atoms with van der Waals surface area (Å²) in [6.07, 6.45) is 11.3. The SMILES string of the molecule is Cc1cccc(Cc2n[nH]c3cc(O)c(C(=O)N(C)C4=COC=C(C5=CC=CCC5)O4)cc23)c1. The van der Waals surface area contributed by atoms with Crippen molar-refractivity contribution >= 4 is 16.8 Å². The molecule has 34 heavy (non-hydrogen) atoms. The molecule has 0 atom stereocenters. The van der Waals surface area contributed by atoms with E-state index < -0.39 is 5.91 Å². The first-order chi connectivity index (χ1) is 16.5. The molecular weight excluding hydrogens is 430 g/mol. The summed E-state index contributed by atoms with van der Waals surface area (Å²) < 4.78 is 11.4. The third-order valence-corrected chi connectivity index (χ3v) is 5.97. The summed E-state index contributed by atoms with van der Waals surface area (Å²) in [6.45, 7) is 2.05. The van der Waals surface area contributed by atoms with Gasteiger partial charge in [0.25, 0.3) is 5.91 Å². The van der Waals surface area contributed by atoms with Crippen LogP contribution >= 0.6 is 0 Å². The monoisotopic (exact) mass is 455 g/mol. The molecule has 0 unspecified atom stereocenters. The molecule has 1 aliphatic carbocycles. The standard InChI is InChI=1S/C27H25N3O4/c1-17-7-6-8-18(11-17)12-22-20-13-21(24(31)14-23(20)29-28-22)27(32)30(2)26-16-33-15-25(34-26)19-9-4-3-5-10-19/h3-4,6-9,11,13-16,31H,5,10,12H2,1-2H3,(H,28,29). The number of aromatic nitrogens is 2. The number of amides is 1. The molecule has 0 saturated heterocycles. The van der Waals surface area contributed by atoms with Gasteiger partial charge in [-0.2, -0.15) is 5.10 Å². The Hall–Kier alpha value is -4.26. The lowest BCUT2D eigenvalue weighted by Crippen LogP contribution is -2.28. The number of ether oxygens (including phenoxy) is 2. The van der Waals surface area contributed by atoms with E-state index in [4.69, 9.17) is 9.47 Å². The number of nitrogens with zero attached hydrogens (tertiary/aromatic N) is 2. The Balaban J connectivity index is 1.40. The number of rotatable bonds is 5. The Morgan fingerprint density at radius 2 is 2.12 bits per heavy atom. The lowest BCUT2D eigenvalue weighted by atomic mass is 10.0. The van der Waals surface area contributed by atoms with Crippen LogP contribution in [0.4, 0.5) is 0 Å². The number of aromatic hydroxyl groups is 1. The summed E-state index contributed by atoms with van der Waals surface area (Å²) in [5, 5.41) is 18.8. The number of phenolic OH excluding ortho intramolecular Hbond substituents is 1. The molecule has 0 bridgehead atoms. The molecule has 5 rings (SSSR count). The van der Waals surface area contributed by atoms with Crippen LogP contribution in [0, 0.1) is 6.92 Å². The van der Waals surface area contributed by atoms with Crippen molar-refractivity contribution in [2.24, 2.45) is 0 Å². The molecule has 172 valence electrons. The number of carbonyl (C=O) groups is 1. The summed E-state index contributed by atoms with van der Waals surface area (Å²) in [5.41, 5.74) is 4.91. The van der Waals surface area contributed by atoms with Crippen LogP contribution in [0.2, 0.25) is 0 Å². The van der Waals surface area contributed by atoms with Gasteiger partial charge < -0.3 is 14.6 Å². The Morgan fingerprint density at radius 1 is 1.24 bits per heavy atom. The van der Waals surface area contributed by atoms with Crippen LogP contribution in [0.1, 0.15) is 40.0 Å². The fraction of sp³-hybridized carbons (Fsp3) is 0.185. The van der Waals surface area contributed by atoms with E-state index in [1.165, 1.54) is 29.1 Å². The number of benzene rings is 2. The highest BCUT2D eigenvalue weighted by Gasteiger charge is 2.25. The number of aryl methyl sites for hydroxylation is 1. The van der Waals surface area contributed by atoms with Crippen LogP contribution in [0.3, 0.4) is 0 Å². The Kier molecular flexibility index (Phi) is 5.67. The number of aromatic amines is 1. The van der Waals surface area contributed by atoms with Gasteiger partial charge >= 0.3 is 0 Å². The minimum atomic E-state index is -0.421. The van der Waals surface area contributed by atoms with E-state index in [0.29, 0.717) is 17.7 Å². The second-order valence-electron chi connectivity index (χ2n) is 8.45. The molecule has 7 heteroatoms. The van der Waals surface area contributed by atoms with Crippen molar-refractivity contribution in [3.8, 4) is 5.75 Å². The Morgan fingerprint density at radius 3 is 2.91 bits per heavy atom. The number of hydrogen-bond donors (Lipinski definition) is 2. The summed E-state index contributed by atoms with van der Waals surface area (Å²) in [7, 11) is 1.59. The summed E-state index contributed by atoms with van der Waals surface area (Å²) >= 11 is 0. The lowest BCUT2D eigenvalue weighted by molar-refractivity contribution is 0.0702. The van der Waals surface area contributed by atoms with E-state index in [9.17, 15) is 9.90 Å². The lowest BCUT2D eigenvalue weighted by Gasteiger charge is -2.25. The Bertz CT molecular complexity index is 1390. The predicted molar refractivity (Wildman–Crippen MR) is 129 cm³/mol. The smallest absolute Gasteiger partial charge is 0.264 e. The van der Waals surface area contributed by atoms with E-state index in [0.717, 1.165) is 35.1 Å². The molecule has 0 spiro atoms. The molecule has 2 N–H and O–H groups in total. The highest BCUT2D eigenvalue weighted by atomic mass is 16.6. The summed E-state index contributed by atoms with van der Waals surface area (Å²) in [5.74, 6) is 0.250. The first-order valence-corrected chi connectivity index (χ1v) is 11.1. The van der Waals surface area contributed by atoms with Crippen molar-refractivity contribution < 1.29 is 19.4 Å². The highest BCUT2D eigenvalue weighted by Crippen LogP contribution is 2.31. The second kappa shape index (κ2) is 8.94. The summed E-state index contributed by atoms with van der Waals surface area (Å²) in [4.78, 5) is 14.7. The highest BCUT2D eigenvalue weighted by molar-refractivity contribution is 6.01. The first-order valence-electron chi connectivity index (χ1n) is 11.1. The number of H-pyrrole nitrogens is 1. The van der Waals surface area contributed by atoms with Crippen LogP contribution in [0.5, 0.6) is 5.75 Å². The molecule has 1 amide bonds. The van der Waals surface area contributed by atoms with Crippen molar-refractivity contribution in [2.45, 2.75) is 26.2 Å². The van der Waals surface area contributed by atoms with Gasteiger partial charge in [-0.15, -0.1) is 0 Å². The molecule has 7 nitrogen and oxygen atoms in total. The van der Waals surface area contributed by atoms with E-state index >= 15 is 0 Å². The molecule has 2 heterocycles. The zero-order valence-corrected chi connectivity index (χ0v) is 19.0. The minimum absolute atomic E-state index is 0.136. The number of hydrogen-bond acceptors (Lipinski definition) is 5. The first kappa shape index (κ1) is 21.6. The number of carbonyl (C=O) groups excluding carboxylic acids is 1. The molecule has 0 radical (unpaired) electrons. The largest absolute Gasteiger partial charge is 0.507 e. The molecular formula is C27H25N3O4. The van der Waals surface area contributed by atoms with Crippen LogP contribution < -0.4 is 0 Å². The third-order valence-electron chi connectivity index (χ3n) is 5.97. The van der Waals surface area contributed by atoms with Gasteiger partial charge in [-0.3, -0.25) is 14.8 Å². The average Bonchev–Trinajstić information content (AvgIpc) is 3.24. The molecule has 0 saturated carbocycles. The zero-order valence-electron chi connectivity index (χ0n) is 19.0. The molecule has 0 fully saturated rings. The third kappa shape index (κ3) is 4.20. The average molecular weight is 456 g/mol. The van der Waals surface area contributed by atoms with Crippen molar-refractivity contribution in [1.82, 2.24) is 15.1 Å². The van der Waals surface area contributed by atoms with E-state index in [2.05, 4.69) is 22.3 Å². The van der Waals surface area contributed by atoms with E-state index in [-0.39, 0.29) is 17.2 Å². The van der Waals surface area contributed by atoms with Gasteiger partial charge in [-0.1, -0.05) is 48.1 Å². The maximum Gasteiger partial charge on any atom is 0.264 e. The van der Waals surface area contributed by atoms with Crippen LogP contribution in [0.25, 0.3) is 10.9 Å². The predicted octanol–water partition coefficient (Wildman–Crippen LogP) is 5.20. The summed E-state index contributed by atoms with van der Waals surface area (Å²) in [6, 6.07) is 11.4. The van der Waals surface area contributed by atoms with Gasteiger partial charge in [0.1, 0.15) is 12.0 Å². The normalized spacial score (nSPS) is 15.2. The number of fused-ring (bicyclic) bond motifs is 1. The second-order valence-corrected chi connectivity index (χ2v) is 8.45. The number of allylic oxidation sites excluding steroid dienone is 4. The van der Waals surface area contributed by atoms with Gasteiger partial charge in [-0.05, 0) is 37.0 Å².